The maximum atomic E-state index is 13.1. The van der Waals surface area contributed by atoms with Gasteiger partial charge < -0.3 is 32.1 Å². The van der Waals surface area contributed by atoms with Gasteiger partial charge in [0.15, 0.2) is 0 Å². The summed E-state index contributed by atoms with van der Waals surface area (Å²) in [5.41, 5.74) is 10.9. The summed E-state index contributed by atoms with van der Waals surface area (Å²) in [6.45, 7) is 3.98. The molecule has 0 aliphatic carbocycles. The first-order valence-corrected chi connectivity index (χ1v) is 12.6. The van der Waals surface area contributed by atoms with Gasteiger partial charge in [-0.2, -0.15) is 11.8 Å². The van der Waals surface area contributed by atoms with E-state index in [4.69, 9.17) is 11.5 Å². The van der Waals surface area contributed by atoms with Gasteiger partial charge in [-0.25, -0.2) is 4.79 Å². The second-order valence-electron chi connectivity index (χ2n) is 8.35. The summed E-state index contributed by atoms with van der Waals surface area (Å²) in [4.78, 5) is 62.6. The van der Waals surface area contributed by atoms with Crippen molar-refractivity contribution in [3.05, 3.63) is 0 Å². The Hall–Kier alpha value is -2.34. The van der Waals surface area contributed by atoms with Crippen LogP contribution in [0, 0.1) is 5.92 Å². The lowest BCUT2D eigenvalue weighted by molar-refractivity contribution is -0.149. The Kier molecular flexibility index (Phi) is 12.2. The highest BCUT2D eigenvalue weighted by molar-refractivity contribution is 7.98. The third kappa shape index (κ3) is 8.84. The number of rotatable bonds is 14. The summed E-state index contributed by atoms with van der Waals surface area (Å²) in [6, 6.07) is -3.76. The van der Waals surface area contributed by atoms with E-state index in [1.165, 1.54) is 16.7 Å². The van der Waals surface area contributed by atoms with Gasteiger partial charge >= 0.3 is 5.97 Å². The standard InChI is InChI=1S/C21H37N5O6S/c1-4-12(2)17(25-18(28)13(22)7-8-16(23)27)19(29)24-14(9-11-33-3)20(30)26-10-5-6-15(26)21(31)32/h12-15,17H,4-11,22H2,1-3H3,(H2,23,27)(H,24,29)(H,25,28)(H,31,32). The number of nitrogens with zero attached hydrogens (tertiary/aromatic N) is 1. The predicted octanol–water partition coefficient (Wildman–Crippen LogP) is -0.576. The first kappa shape index (κ1) is 28.7. The first-order valence-electron chi connectivity index (χ1n) is 11.2. The van der Waals surface area contributed by atoms with Crippen molar-refractivity contribution in [2.45, 2.75) is 76.5 Å². The zero-order valence-corrected chi connectivity index (χ0v) is 20.4. The van der Waals surface area contributed by atoms with Crippen LogP contribution in [0.25, 0.3) is 0 Å². The minimum atomic E-state index is -1.06. The lowest BCUT2D eigenvalue weighted by atomic mass is 9.97. The highest BCUT2D eigenvalue weighted by Gasteiger charge is 2.38. The van der Waals surface area contributed by atoms with E-state index in [9.17, 15) is 29.1 Å². The van der Waals surface area contributed by atoms with E-state index in [2.05, 4.69) is 10.6 Å². The fourth-order valence-electron chi connectivity index (χ4n) is 3.63. The Morgan fingerprint density at radius 2 is 1.82 bits per heavy atom. The molecule has 188 valence electrons. The molecule has 1 fully saturated rings. The molecule has 5 atom stereocenters. The molecule has 0 aromatic carbocycles. The van der Waals surface area contributed by atoms with Gasteiger partial charge in [0.1, 0.15) is 18.1 Å². The zero-order chi connectivity index (χ0) is 25.1. The van der Waals surface area contributed by atoms with Gasteiger partial charge in [0.2, 0.25) is 23.6 Å². The van der Waals surface area contributed by atoms with Crippen LogP contribution in [0.3, 0.4) is 0 Å². The molecule has 1 saturated heterocycles. The Bertz CT molecular complexity index is 721. The van der Waals surface area contributed by atoms with Crippen molar-refractivity contribution in [1.82, 2.24) is 15.5 Å². The lowest BCUT2D eigenvalue weighted by Crippen LogP contribution is -2.58. The molecule has 12 heteroatoms. The SMILES string of the molecule is CCC(C)C(NC(=O)C(N)CCC(N)=O)C(=O)NC(CCSC)C(=O)N1CCCC1C(=O)O. The van der Waals surface area contributed by atoms with Gasteiger partial charge in [0, 0.05) is 13.0 Å². The van der Waals surface area contributed by atoms with Gasteiger partial charge in [0.05, 0.1) is 6.04 Å². The third-order valence-electron chi connectivity index (χ3n) is 5.88. The summed E-state index contributed by atoms with van der Waals surface area (Å²) in [6.07, 6.45) is 3.73. The van der Waals surface area contributed by atoms with E-state index in [-0.39, 0.29) is 18.8 Å². The van der Waals surface area contributed by atoms with Crippen LogP contribution in [0.4, 0.5) is 0 Å². The second-order valence-corrected chi connectivity index (χ2v) is 9.34. The first-order chi connectivity index (χ1) is 15.5. The highest BCUT2D eigenvalue weighted by Crippen LogP contribution is 2.20. The minimum absolute atomic E-state index is 0.0520. The number of nitrogens with two attached hydrogens (primary N) is 2. The number of hydrogen-bond acceptors (Lipinski definition) is 7. The minimum Gasteiger partial charge on any atom is -0.480 e. The Labute approximate surface area is 198 Å². The molecule has 0 radical (unpaired) electrons. The summed E-state index contributed by atoms with van der Waals surface area (Å²) >= 11 is 1.50. The summed E-state index contributed by atoms with van der Waals surface area (Å²) < 4.78 is 0. The van der Waals surface area contributed by atoms with Crippen molar-refractivity contribution in [1.29, 1.82) is 0 Å². The van der Waals surface area contributed by atoms with E-state index in [1.807, 2.05) is 13.2 Å². The van der Waals surface area contributed by atoms with E-state index >= 15 is 0 Å². The largest absolute Gasteiger partial charge is 0.480 e. The number of carboxylic acid groups (broad SMARTS) is 1. The quantitative estimate of drug-likeness (QED) is 0.215. The number of thioether (sulfide) groups is 1. The van der Waals surface area contributed by atoms with Crippen LogP contribution in [-0.4, -0.2) is 82.3 Å². The number of nitrogens with one attached hydrogen (secondary N) is 2. The molecule has 33 heavy (non-hydrogen) atoms. The lowest BCUT2D eigenvalue weighted by Gasteiger charge is -2.30. The van der Waals surface area contributed by atoms with Crippen molar-refractivity contribution in [3.63, 3.8) is 0 Å². The Morgan fingerprint density at radius 1 is 1.15 bits per heavy atom. The molecular formula is C21H37N5O6S. The molecule has 11 nitrogen and oxygen atoms in total. The van der Waals surface area contributed by atoms with Crippen LogP contribution < -0.4 is 22.1 Å². The average Bonchev–Trinajstić information content (AvgIpc) is 3.27. The van der Waals surface area contributed by atoms with Crippen LogP contribution in [0.5, 0.6) is 0 Å². The zero-order valence-electron chi connectivity index (χ0n) is 19.5. The summed E-state index contributed by atoms with van der Waals surface area (Å²) in [5, 5.41) is 14.8. The number of amides is 4. The molecular weight excluding hydrogens is 450 g/mol. The number of likely N-dealkylation sites (tertiary alicyclic amines) is 1. The molecule has 0 bridgehead atoms. The number of carbonyl (C=O) groups is 5. The molecule has 1 rings (SSSR count). The van der Waals surface area contributed by atoms with Crippen LogP contribution in [0.15, 0.2) is 0 Å². The molecule has 5 unspecified atom stereocenters. The molecule has 1 aliphatic rings. The predicted molar refractivity (Wildman–Crippen MR) is 125 cm³/mol. The number of carboxylic acids is 1. The van der Waals surface area contributed by atoms with Crippen molar-refractivity contribution in [3.8, 4) is 0 Å². The topological polar surface area (TPSA) is 185 Å². The van der Waals surface area contributed by atoms with Crippen molar-refractivity contribution in [2.75, 3.05) is 18.6 Å². The van der Waals surface area contributed by atoms with Crippen LogP contribution in [-0.2, 0) is 24.0 Å². The number of hydrogen-bond donors (Lipinski definition) is 5. The monoisotopic (exact) mass is 487 g/mol. The van der Waals surface area contributed by atoms with Crippen LogP contribution in [0.1, 0.15) is 52.4 Å². The molecule has 7 N–H and O–H groups in total. The van der Waals surface area contributed by atoms with Gasteiger partial charge in [-0.05, 0) is 43.6 Å². The number of aliphatic carboxylic acids is 1. The summed E-state index contributed by atoms with van der Waals surface area (Å²) in [5.74, 6) is -2.88. The molecule has 0 spiro atoms. The third-order valence-corrected chi connectivity index (χ3v) is 6.52. The molecule has 0 aromatic heterocycles. The smallest absolute Gasteiger partial charge is 0.326 e. The molecule has 0 aromatic rings. The number of carbonyl (C=O) groups excluding carboxylic acids is 4. The second kappa shape index (κ2) is 14.0. The van der Waals surface area contributed by atoms with Gasteiger partial charge in [-0.15, -0.1) is 0 Å². The summed E-state index contributed by atoms with van der Waals surface area (Å²) in [7, 11) is 0. The van der Waals surface area contributed by atoms with Crippen LogP contribution in [0.2, 0.25) is 0 Å². The van der Waals surface area contributed by atoms with E-state index < -0.39 is 53.8 Å². The molecule has 1 heterocycles. The van der Waals surface area contributed by atoms with Gasteiger partial charge in [-0.3, -0.25) is 19.2 Å². The molecule has 4 amide bonds. The van der Waals surface area contributed by atoms with Crippen molar-refractivity contribution in [2.24, 2.45) is 17.4 Å². The van der Waals surface area contributed by atoms with Crippen LogP contribution >= 0.6 is 11.8 Å². The molecule has 0 saturated carbocycles. The Morgan fingerprint density at radius 3 is 2.36 bits per heavy atom. The van der Waals surface area contributed by atoms with Crippen molar-refractivity contribution < 1.29 is 29.1 Å². The van der Waals surface area contributed by atoms with Gasteiger partial charge in [0.25, 0.3) is 0 Å². The van der Waals surface area contributed by atoms with E-state index in [1.54, 1.807) is 6.92 Å². The average molecular weight is 488 g/mol. The fourth-order valence-corrected chi connectivity index (χ4v) is 4.10. The van der Waals surface area contributed by atoms with E-state index in [0.29, 0.717) is 38.0 Å². The maximum absolute atomic E-state index is 13.1. The highest BCUT2D eigenvalue weighted by atomic mass is 32.2. The fraction of sp³-hybridized carbons (Fsp3) is 0.762. The Balaban J connectivity index is 2.96. The number of primary amides is 1. The normalized spacial score (nSPS) is 19.3. The van der Waals surface area contributed by atoms with E-state index in [0.717, 1.165) is 0 Å². The van der Waals surface area contributed by atoms with Crippen molar-refractivity contribution >= 4 is 41.4 Å². The maximum Gasteiger partial charge on any atom is 0.326 e. The van der Waals surface area contributed by atoms with Gasteiger partial charge in [-0.1, -0.05) is 20.3 Å². The molecule has 1 aliphatic heterocycles.